The van der Waals surface area contributed by atoms with Gasteiger partial charge in [0, 0.05) is 25.0 Å². The average molecular weight is 406 g/mol. The normalized spacial score (nSPS) is 21.1. The van der Waals surface area contributed by atoms with Crippen LogP contribution in [0.1, 0.15) is 32.6 Å². The molecule has 0 bridgehead atoms. The van der Waals surface area contributed by atoms with Gasteiger partial charge in [0.25, 0.3) is 5.56 Å². The van der Waals surface area contributed by atoms with Gasteiger partial charge in [-0.15, -0.1) is 0 Å². The van der Waals surface area contributed by atoms with Crippen LogP contribution in [-0.4, -0.2) is 35.0 Å². The quantitative estimate of drug-likeness (QED) is 0.713. The molecule has 2 fully saturated rings. The van der Waals surface area contributed by atoms with E-state index in [0.717, 1.165) is 17.4 Å². The highest BCUT2D eigenvalue weighted by Gasteiger charge is 2.41. The molecule has 9 nitrogen and oxygen atoms in total. The van der Waals surface area contributed by atoms with Crippen molar-refractivity contribution in [1.82, 2.24) is 19.2 Å². The molecule has 1 aromatic carbocycles. The van der Waals surface area contributed by atoms with Crippen molar-refractivity contribution in [3.63, 3.8) is 0 Å². The van der Waals surface area contributed by atoms with Gasteiger partial charge in [-0.25, -0.2) is 17.9 Å². The largest absolute Gasteiger partial charge is 0.352 e. The summed E-state index contributed by atoms with van der Waals surface area (Å²) in [7, 11) is -2.24. The van der Waals surface area contributed by atoms with Crippen LogP contribution < -0.4 is 21.3 Å². The zero-order valence-corrected chi connectivity index (χ0v) is 16.5. The Morgan fingerprint density at radius 1 is 1.25 bits per heavy atom. The van der Waals surface area contributed by atoms with Crippen LogP contribution in [0.15, 0.2) is 32.7 Å². The number of fused-ring (bicyclic) bond motifs is 1. The van der Waals surface area contributed by atoms with Gasteiger partial charge in [-0.1, -0.05) is 0 Å². The van der Waals surface area contributed by atoms with Crippen molar-refractivity contribution in [3.8, 4) is 0 Å². The number of nitrogens with one attached hydrogen (secondary N) is 2. The van der Waals surface area contributed by atoms with Gasteiger partial charge in [0.05, 0.1) is 22.3 Å². The number of carbonyl (C=O) groups is 1. The predicted octanol–water partition coefficient (Wildman–Crippen LogP) is -0.190. The standard InChI is InChI=1S/C18H22N4O5S/c1-18(7-8-18)20-28(26,27)12-4-5-14-13(9-12)16(24)22(17(25)21(14)2)10-11-3-6-15(23)19-11/h4-5,9,11,20H,3,6-8,10H2,1-2H3,(H,19,23)/t11-/m1/s1. The van der Waals surface area contributed by atoms with E-state index in [0.29, 0.717) is 18.4 Å². The van der Waals surface area contributed by atoms with Crippen molar-refractivity contribution < 1.29 is 13.2 Å². The first-order valence-corrected chi connectivity index (χ1v) is 10.6. The van der Waals surface area contributed by atoms with Crippen LogP contribution in [0.3, 0.4) is 0 Å². The van der Waals surface area contributed by atoms with E-state index in [4.69, 9.17) is 0 Å². The van der Waals surface area contributed by atoms with Crippen LogP contribution in [0.25, 0.3) is 10.9 Å². The van der Waals surface area contributed by atoms with Crippen LogP contribution in [0, 0.1) is 0 Å². The van der Waals surface area contributed by atoms with Gasteiger partial charge in [0.15, 0.2) is 0 Å². The highest BCUT2D eigenvalue weighted by atomic mass is 32.2. The SMILES string of the molecule is Cn1c(=O)n(C[C@H]2CCC(=O)N2)c(=O)c2cc(S(=O)(=O)NC3(C)CC3)ccc21. The van der Waals surface area contributed by atoms with E-state index >= 15 is 0 Å². The summed E-state index contributed by atoms with van der Waals surface area (Å²) in [5.74, 6) is -0.108. The highest BCUT2D eigenvalue weighted by Crippen LogP contribution is 2.36. The second-order valence-corrected chi connectivity index (χ2v) is 9.59. The molecule has 1 aliphatic heterocycles. The number of carbonyl (C=O) groups excluding carboxylic acids is 1. The van der Waals surface area contributed by atoms with Crippen molar-refractivity contribution >= 4 is 26.8 Å². The zero-order chi connectivity index (χ0) is 20.3. The molecule has 0 radical (unpaired) electrons. The molecule has 1 saturated carbocycles. The Labute approximate surface area is 161 Å². The number of rotatable bonds is 5. The number of sulfonamides is 1. The minimum atomic E-state index is -3.77. The summed E-state index contributed by atoms with van der Waals surface area (Å²) in [6.07, 6.45) is 2.45. The first-order valence-electron chi connectivity index (χ1n) is 9.17. The van der Waals surface area contributed by atoms with E-state index in [2.05, 4.69) is 10.0 Å². The summed E-state index contributed by atoms with van der Waals surface area (Å²) < 4.78 is 30.4. The molecule has 28 heavy (non-hydrogen) atoms. The lowest BCUT2D eigenvalue weighted by molar-refractivity contribution is -0.119. The predicted molar refractivity (Wildman–Crippen MR) is 103 cm³/mol. The molecule has 0 unspecified atom stereocenters. The van der Waals surface area contributed by atoms with Gasteiger partial charge in [-0.3, -0.25) is 18.7 Å². The third kappa shape index (κ3) is 3.26. The monoisotopic (exact) mass is 406 g/mol. The number of aryl methyl sites for hydroxylation is 1. The molecule has 0 spiro atoms. The molecular formula is C18H22N4O5S. The van der Waals surface area contributed by atoms with Crippen LogP contribution in [-0.2, 0) is 28.4 Å². The molecule has 1 aromatic heterocycles. The second-order valence-electron chi connectivity index (χ2n) is 7.91. The van der Waals surface area contributed by atoms with Crippen molar-refractivity contribution in [2.75, 3.05) is 0 Å². The van der Waals surface area contributed by atoms with E-state index in [1.54, 1.807) is 0 Å². The van der Waals surface area contributed by atoms with Crippen LogP contribution in [0.2, 0.25) is 0 Å². The topological polar surface area (TPSA) is 119 Å². The third-order valence-corrected chi connectivity index (χ3v) is 7.14. The Morgan fingerprint density at radius 2 is 1.96 bits per heavy atom. The van der Waals surface area contributed by atoms with Gasteiger partial charge >= 0.3 is 5.69 Å². The number of benzene rings is 1. The van der Waals surface area contributed by atoms with Gasteiger partial charge in [-0.05, 0) is 44.4 Å². The maximum absolute atomic E-state index is 13.0. The second kappa shape index (κ2) is 6.28. The van der Waals surface area contributed by atoms with Crippen molar-refractivity contribution in [3.05, 3.63) is 39.0 Å². The lowest BCUT2D eigenvalue weighted by Gasteiger charge is -2.16. The lowest BCUT2D eigenvalue weighted by Crippen LogP contribution is -2.44. The number of amides is 1. The van der Waals surface area contributed by atoms with E-state index in [-0.39, 0.29) is 28.8 Å². The molecule has 1 atom stereocenters. The smallest absolute Gasteiger partial charge is 0.331 e. The van der Waals surface area contributed by atoms with E-state index in [9.17, 15) is 22.8 Å². The van der Waals surface area contributed by atoms with Gasteiger partial charge in [0.1, 0.15) is 0 Å². The minimum Gasteiger partial charge on any atom is -0.352 e. The molecule has 2 heterocycles. The Balaban J connectivity index is 1.80. The number of nitrogens with zero attached hydrogens (tertiary/aromatic N) is 2. The average Bonchev–Trinajstić information content (AvgIpc) is 3.20. The molecule has 2 N–H and O–H groups in total. The number of aromatic nitrogens is 2. The first-order chi connectivity index (χ1) is 13.1. The van der Waals surface area contributed by atoms with E-state index in [1.807, 2.05) is 6.92 Å². The molecule has 2 aromatic rings. The highest BCUT2D eigenvalue weighted by molar-refractivity contribution is 7.89. The van der Waals surface area contributed by atoms with Gasteiger partial charge in [-0.2, -0.15) is 0 Å². The maximum Gasteiger partial charge on any atom is 0.331 e. The molecule has 1 saturated heterocycles. The Morgan fingerprint density at radius 3 is 2.57 bits per heavy atom. The maximum atomic E-state index is 13.0. The summed E-state index contributed by atoms with van der Waals surface area (Å²) in [5.41, 5.74) is -1.14. The van der Waals surface area contributed by atoms with Gasteiger partial charge in [0.2, 0.25) is 15.9 Å². The summed E-state index contributed by atoms with van der Waals surface area (Å²) in [6.45, 7) is 1.89. The van der Waals surface area contributed by atoms with Crippen molar-refractivity contribution in [1.29, 1.82) is 0 Å². The Kier molecular flexibility index (Phi) is 4.23. The van der Waals surface area contributed by atoms with E-state index < -0.39 is 26.8 Å². The summed E-state index contributed by atoms with van der Waals surface area (Å²) in [5, 5.41) is 2.89. The molecular weight excluding hydrogens is 384 g/mol. The molecule has 4 rings (SSSR count). The lowest BCUT2D eigenvalue weighted by atomic mass is 10.2. The fraction of sp³-hybridized carbons (Fsp3) is 0.500. The molecule has 1 amide bonds. The molecule has 1 aliphatic carbocycles. The number of hydrogen-bond acceptors (Lipinski definition) is 5. The molecule has 10 heteroatoms. The van der Waals surface area contributed by atoms with Crippen molar-refractivity contribution in [2.45, 2.75) is 55.6 Å². The summed E-state index contributed by atoms with van der Waals surface area (Å²) >= 11 is 0. The van der Waals surface area contributed by atoms with Crippen LogP contribution in [0.5, 0.6) is 0 Å². The summed E-state index contributed by atoms with van der Waals surface area (Å²) in [6, 6.07) is 3.90. The van der Waals surface area contributed by atoms with Crippen molar-refractivity contribution in [2.24, 2.45) is 7.05 Å². The minimum absolute atomic E-state index is 0.00964. The molecule has 2 aliphatic rings. The van der Waals surface area contributed by atoms with Gasteiger partial charge < -0.3 is 5.32 Å². The fourth-order valence-electron chi connectivity index (χ4n) is 3.53. The fourth-order valence-corrected chi connectivity index (χ4v) is 5.02. The number of hydrogen-bond donors (Lipinski definition) is 2. The third-order valence-electron chi connectivity index (χ3n) is 5.50. The Hall–Kier alpha value is -2.46. The van der Waals surface area contributed by atoms with Crippen LogP contribution >= 0.6 is 0 Å². The first kappa shape index (κ1) is 18.9. The summed E-state index contributed by atoms with van der Waals surface area (Å²) in [4.78, 5) is 37.0. The van der Waals surface area contributed by atoms with E-state index in [1.165, 1.54) is 29.8 Å². The zero-order valence-electron chi connectivity index (χ0n) is 15.7. The molecule has 150 valence electrons. The Bertz CT molecular complexity index is 1210. The van der Waals surface area contributed by atoms with Crippen LogP contribution in [0.4, 0.5) is 0 Å².